The zero-order valence-corrected chi connectivity index (χ0v) is 17.8. The van der Waals surface area contributed by atoms with Crippen LogP contribution in [0.15, 0.2) is 6.07 Å². The topological polar surface area (TPSA) is 74.8 Å². The minimum atomic E-state index is 0.480. The van der Waals surface area contributed by atoms with Crippen molar-refractivity contribution in [3.63, 3.8) is 0 Å². The van der Waals surface area contributed by atoms with E-state index in [1.807, 2.05) is 0 Å². The number of thiocarbonyl (C=S) groups is 1. The van der Waals surface area contributed by atoms with Gasteiger partial charge in [-0.2, -0.15) is 9.97 Å². The maximum atomic E-state index is 5.49. The summed E-state index contributed by atoms with van der Waals surface area (Å²) in [5.41, 5.74) is 0. The fourth-order valence-electron chi connectivity index (χ4n) is 3.58. The van der Waals surface area contributed by atoms with Crippen molar-refractivity contribution in [3.8, 4) is 0 Å². The van der Waals surface area contributed by atoms with E-state index in [-0.39, 0.29) is 0 Å². The third-order valence-electron chi connectivity index (χ3n) is 5.17. The average molecular weight is 409 g/mol. The van der Waals surface area contributed by atoms with E-state index >= 15 is 0 Å². The molecule has 2 saturated heterocycles. The standard InChI is InChI=1S/C19H32N6O2S/c1-15-6-3-4-8-25(15)17-14-16(24-9-12-27-13-10-24)21-18(22-17)23-19(28)20-7-5-11-26-2/h14-15H,3-13H2,1-2H3,(H2,20,21,22,23,28). The van der Waals surface area contributed by atoms with Gasteiger partial charge in [0.05, 0.1) is 13.2 Å². The normalized spacial score (nSPS) is 20.1. The molecule has 1 aromatic heterocycles. The summed E-state index contributed by atoms with van der Waals surface area (Å²) < 4.78 is 10.6. The van der Waals surface area contributed by atoms with Crippen molar-refractivity contribution in [2.24, 2.45) is 0 Å². The molecule has 0 aliphatic carbocycles. The van der Waals surface area contributed by atoms with Crippen molar-refractivity contribution in [1.29, 1.82) is 0 Å². The second kappa shape index (κ2) is 10.7. The number of methoxy groups -OCH3 is 1. The first kappa shape index (κ1) is 21.0. The lowest BCUT2D eigenvalue weighted by Gasteiger charge is -2.35. The van der Waals surface area contributed by atoms with Crippen LogP contribution in [0.4, 0.5) is 17.6 Å². The van der Waals surface area contributed by atoms with Gasteiger partial charge in [-0.05, 0) is 44.8 Å². The van der Waals surface area contributed by atoms with Crippen LogP contribution in [0.3, 0.4) is 0 Å². The highest BCUT2D eigenvalue weighted by Gasteiger charge is 2.23. The molecule has 0 saturated carbocycles. The Bertz CT molecular complexity index is 641. The molecule has 2 aliphatic rings. The first-order valence-corrected chi connectivity index (χ1v) is 10.6. The SMILES string of the molecule is COCCCNC(=S)Nc1nc(N2CCOCC2)cc(N2CCCCC2C)n1. The first-order valence-electron chi connectivity index (χ1n) is 10.2. The zero-order chi connectivity index (χ0) is 19.8. The van der Waals surface area contributed by atoms with Gasteiger partial charge in [0.2, 0.25) is 5.95 Å². The van der Waals surface area contributed by atoms with Gasteiger partial charge in [-0.25, -0.2) is 0 Å². The smallest absolute Gasteiger partial charge is 0.232 e. The van der Waals surface area contributed by atoms with Crippen LogP contribution < -0.4 is 20.4 Å². The van der Waals surface area contributed by atoms with Crippen molar-refractivity contribution in [2.75, 3.05) is 68.2 Å². The van der Waals surface area contributed by atoms with Crippen molar-refractivity contribution in [1.82, 2.24) is 15.3 Å². The number of rotatable bonds is 7. The second-order valence-electron chi connectivity index (χ2n) is 7.27. The fraction of sp³-hybridized carbons (Fsp3) is 0.737. The summed E-state index contributed by atoms with van der Waals surface area (Å²) in [6, 6.07) is 2.58. The monoisotopic (exact) mass is 408 g/mol. The van der Waals surface area contributed by atoms with Crippen LogP contribution in [0.25, 0.3) is 0 Å². The molecule has 0 spiro atoms. The number of piperidine rings is 1. The average Bonchev–Trinajstić information content (AvgIpc) is 2.72. The largest absolute Gasteiger partial charge is 0.385 e. The van der Waals surface area contributed by atoms with Crippen molar-refractivity contribution >= 4 is 34.9 Å². The number of hydrogen-bond acceptors (Lipinski definition) is 7. The van der Waals surface area contributed by atoms with Crippen LogP contribution in [-0.2, 0) is 9.47 Å². The summed E-state index contributed by atoms with van der Waals surface area (Å²) in [7, 11) is 1.70. The highest BCUT2D eigenvalue weighted by atomic mass is 32.1. The molecule has 1 atom stereocenters. The van der Waals surface area contributed by atoms with Gasteiger partial charge in [-0.3, -0.25) is 0 Å². The maximum absolute atomic E-state index is 5.49. The number of nitrogens with zero attached hydrogens (tertiary/aromatic N) is 4. The van der Waals surface area contributed by atoms with Crippen molar-refractivity contribution in [2.45, 2.75) is 38.6 Å². The van der Waals surface area contributed by atoms with E-state index in [0.29, 0.717) is 23.7 Å². The van der Waals surface area contributed by atoms with E-state index in [1.54, 1.807) is 7.11 Å². The van der Waals surface area contributed by atoms with E-state index in [9.17, 15) is 0 Å². The van der Waals surface area contributed by atoms with Gasteiger partial charge >= 0.3 is 0 Å². The fourth-order valence-corrected chi connectivity index (χ4v) is 3.78. The molecule has 0 radical (unpaired) electrons. The molecule has 1 aromatic rings. The zero-order valence-electron chi connectivity index (χ0n) is 16.9. The van der Waals surface area contributed by atoms with Gasteiger partial charge in [-0.15, -0.1) is 0 Å². The Morgan fingerprint density at radius 3 is 2.79 bits per heavy atom. The molecule has 8 nitrogen and oxygen atoms in total. The molecule has 1 unspecified atom stereocenters. The van der Waals surface area contributed by atoms with Crippen LogP contribution >= 0.6 is 12.2 Å². The minimum absolute atomic E-state index is 0.480. The summed E-state index contributed by atoms with van der Waals surface area (Å²) in [5, 5.41) is 6.89. The van der Waals surface area contributed by atoms with Gasteiger partial charge in [0.25, 0.3) is 0 Å². The number of anilines is 3. The Kier molecular flexibility index (Phi) is 8.05. The van der Waals surface area contributed by atoms with Crippen LogP contribution in [-0.4, -0.2) is 74.2 Å². The number of morpholine rings is 1. The van der Waals surface area contributed by atoms with Gasteiger partial charge in [0, 0.05) is 52.0 Å². The molecule has 3 rings (SSSR count). The molecule has 2 N–H and O–H groups in total. The molecule has 2 aliphatic heterocycles. The summed E-state index contributed by atoms with van der Waals surface area (Å²) in [5.74, 6) is 2.44. The van der Waals surface area contributed by atoms with Gasteiger partial charge in [0.1, 0.15) is 11.6 Å². The summed E-state index contributed by atoms with van der Waals surface area (Å²) >= 11 is 5.42. The Morgan fingerprint density at radius 2 is 2.04 bits per heavy atom. The number of hydrogen-bond donors (Lipinski definition) is 2. The Hall–Kier alpha value is -1.71. The molecule has 0 aromatic carbocycles. The van der Waals surface area contributed by atoms with Gasteiger partial charge < -0.3 is 29.9 Å². The molecular formula is C19H32N6O2S. The third-order valence-corrected chi connectivity index (χ3v) is 5.41. The van der Waals surface area contributed by atoms with Crippen LogP contribution in [0.1, 0.15) is 32.6 Å². The Morgan fingerprint density at radius 1 is 1.25 bits per heavy atom. The molecular weight excluding hydrogens is 376 g/mol. The lowest BCUT2D eigenvalue weighted by atomic mass is 10.0. The Labute approximate surface area is 173 Å². The van der Waals surface area contributed by atoms with E-state index < -0.39 is 0 Å². The van der Waals surface area contributed by atoms with E-state index in [1.165, 1.54) is 19.3 Å². The molecule has 0 bridgehead atoms. The van der Waals surface area contributed by atoms with Crippen molar-refractivity contribution < 1.29 is 9.47 Å². The van der Waals surface area contributed by atoms with E-state index in [4.69, 9.17) is 31.7 Å². The van der Waals surface area contributed by atoms with E-state index in [2.05, 4.69) is 33.4 Å². The predicted octanol–water partition coefficient (Wildman–Crippen LogP) is 2.01. The van der Waals surface area contributed by atoms with Crippen molar-refractivity contribution in [3.05, 3.63) is 6.07 Å². The maximum Gasteiger partial charge on any atom is 0.232 e. The molecule has 3 heterocycles. The number of nitrogens with one attached hydrogen (secondary N) is 2. The summed E-state index contributed by atoms with van der Waals surface area (Å²) in [6.07, 6.45) is 4.56. The van der Waals surface area contributed by atoms with Gasteiger partial charge in [0.15, 0.2) is 5.11 Å². The number of aromatic nitrogens is 2. The summed E-state index contributed by atoms with van der Waals surface area (Å²) in [6.45, 7) is 7.87. The molecule has 28 heavy (non-hydrogen) atoms. The first-order chi connectivity index (χ1) is 13.7. The lowest BCUT2D eigenvalue weighted by Crippen LogP contribution is -2.40. The number of ether oxygens (including phenoxy) is 2. The predicted molar refractivity (Wildman–Crippen MR) is 116 cm³/mol. The van der Waals surface area contributed by atoms with Crippen LogP contribution in [0.5, 0.6) is 0 Å². The second-order valence-corrected chi connectivity index (χ2v) is 7.68. The molecule has 9 heteroatoms. The molecule has 2 fully saturated rings. The highest BCUT2D eigenvalue weighted by Crippen LogP contribution is 2.27. The minimum Gasteiger partial charge on any atom is -0.385 e. The lowest BCUT2D eigenvalue weighted by molar-refractivity contribution is 0.122. The highest BCUT2D eigenvalue weighted by molar-refractivity contribution is 7.80. The molecule has 156 valence electrons. The van der Waals surface area contributed by atoms with E-state index in [0.717, 1.165) is 57.4 Å². The summed E-state index contributed by atoms with van der Waals surface area (Å²) in [4.78, 5) is 14.1. The quantitative estimate of drug-likeness (QED) is 0.520. The Balaban J connectivity index is 1.75. The third kappa shape index (κ3) is 5.89. The van der Waals surface area contributed by atoms with Crippen LogP contribution in [0, 0.1) is 0 Å². The van der Waals surface area contributed by atoms with Gasteiger partial charge in [-0.1, -0.05) is 0 Å². The van der Waals surface area contributed by atoms with Crippen LogP contribution in [0.2, 0.25) is 0 Å². The molecule has 0 amide bonds.